The molecule has 0 aliphatic carbocycles. The van der Waals surface area contributed by atoms with E-state index >= 15 is 0 Å². The van der Waals surface area contributed by atoms with Crippen molar-refractivity contribution in [3.63, 3.8) is 0 Å². The van der Waals surface area contributed by atoms with Crippen molar-refractivity contribution in [2.24, 2.45) is 5.92 Å². The molecule has 0 amide bonds. The van der Waals surface area contributed by atoms with Gasteiger partial charge in [0.25, 0.3) is 0 Å². The first-order valence-electron chi connectivity index (χ1n) is 4.87. The van der Waals surface area contributed by atoms with E-state index in [0.717, 1.165) is 17.0 Å². The molecule has 0 aromatic heterocycles. The van der Waals surface area contributed by atoms with Crippen LogP contribution in [0.15, 0.2) is 29.2 Å². The van der Waals surface area contributed by atoms with Crippen LogP contribution in [0.25, 0.3) is 0 Å². The summed E-state index contributed by atoms with van der Waals surface area (Å²) in [7, 11) is 0. The number of hydrogen-bond acceptors (Lipinski definition) is 3. The van der Waals surface area contributed by atoms with E-state index in [1.807, 2.05) is 31.2 Å². The molecular formula is C11H17NOS. The third kappa shape index (κ3) is 3.24. The molecule has 2 nitrogen and oxygen atoms in total. The molecule has 2 N–H and O–H groups in total. The van der Waals surface area contributed by atoms with E-state index in [1.165, 1.54) is 0 Å². The largest absolute Gasteiger partial charge is 0.374 e. The van der Waals surface area contributed by atoms with Gasteiger partial charge in [-0.1, -0.05) is 13.8 Å². The molecular weight excluding hydrogens is 194 g/mol. The highest BCUT2D eigenvalue weighted by molar-refractivity contribution is 7.80. The van der Waals surface area contributed by atoms with Gasteiger partial charge in [-0.15, -0.1) is 12.6 Å². The van der Waals surface area contributed by atoms with Crippen LogP contribution in [0.2, 0.25) is 0 Å². The Morgan fingerprint density at radius 2 is 1.93 bits per heavy atom. The second kappa shape index (κ2) is 5.27. The Morgan fingerprint density at radius 3 is 2.43 bits per heavy atom. The van der Waals surface area contributed by atoms with Crippen molar-refractivity contribution in [1.82, 2.24) is 0 Å². The van der Waals surface area contributed by atoms with Gasteiger partial charge >= 0.3 is 0 Å². The van der Waals surface area contributed by atoms with Gasteiger partial charge in [0.05, 0.1) is 0 Å². The third-order valence-electron chi connectivity index (χ3n) is 2.36. The highest BCUT2D eigenvalue weighted by Gasteiger charge is 2.10. The Hall–Kier alpha value is -0.670. The van der Waals surface area contributed by atoms with Crippen LogP contribution in [0.4, 0.5) is 5.69 Å². The van der Waals surface area contributed by atoms with E-state index in [0.29, 0.717) is 0 Å². The minimum absolute atomic E-state index is 0.255. The molecule has 14 heavy (non-hydrogen) atoms. The van der Waals surface area contributed by atoms with Crippen LogP contribution in [-0.4, -0.2) is 11.3 Å². The van der Waals surface area contributed by atoms with E-state index in [-0.39, 0.29) is 5.92 Å². The predicted octanol–water partition coefficient (Wildman–Crippen LogP) is 2.75. The zero-order valence-corrected chi connectivity index (χ0v) is 9.46. The van der Waals surface area contributed by atoms with Crippen molar-refractivity contribution < 1.29 is 5.11 Å². The van der Waals surface area contributed by atoms with Crippen molar-refractivity contribution in [3.05, 3.63) is 24.3 Å². The minimum atomic E-state index is -0.481. The van der Waals surface area contributed by atoms with Gasteiger partial charge in [-0.25, -0.2) is 0 Å². The Balaban J connectivity index is 2.56. The molecule has 0 saturated heterocycles. The van der Waals surface area contributed by atoms with Crippen LogP contribution in [-0.2, 0) is 0 Å². The fourth-order valence-corrected chi connectivity index (χ4v) is 1.24. The molecule has 0 bridgehead atoms. The van der Waals surface area contributed by atoms with Crippen molar-refractivity contribution in [2.45, 2.75) is 31.4 Å². The van der Waals surface area contributed by atoms with Crippen LogP contribution in [0.5, 0.6) is 0 Å². The first-order valence-corrected chi connectivity index (χ1v) is 5.32. The molecule has 0 heterocycles. The lowest BCUT2D eigenvalue weighted by Crippen LogP contribution is -2.26. The van der Waals surface area contributed by atoms with Crippen LogP contribution in [0, 0.1) is 5.92 Å². The zero-order chi connectivity index (χ0) is 10.6. The predicted molar refractivity (Wildman–Crippen MR) is 62.8 cm³/mol. The van der Waals surface area contributed by atoms with E-state index in [1.54, 1.807) is 0 Å². The first kappa shape index (κ1) is 11.4. The highest BCUT2D eigenvalue weighted by Crippen LogP contribution is 2.15. The molecule has 1 rings (SSSR count). The van der Waals surface area contributed by atoms with E-state index in [2.05, 4.69) is 24.9 Å². The molecule has 2 atom stereocenters. The number of hydrogen-bond donors (Lipinski definition) is 3. The summed E-state index contributed by atoms with van der Waals surface area (Å²) in [6, 6.07) is 7.62. The molecule has 2 unspecified atom stereocenters. The van der Waals surface area contributed by atoms with E-state index in [9.17, 15) is 5.11 Å². The number of anilines is 1. The lowest BCUT2D eigenvalue weighted by atomic mass is 10.1. The van der Waals surface area contributed by atoms with Gasteiger partial charge in [0.15, 0.2) is 0 Å². The second-order valence-electron chi connectivity index (χ2n) is 3.52. The molecule has 0 spiro atoms. The highest BCUT2D eigenvalue weighted by atomic mass is 32.1. The molecule has 0 saturated carbocycles. The van der Waals surface area contributed by atoms with Crippen molar-refractivity contribution in [2.75, 3.05) is 5.32 Å². The number of thiol groups is 1. The lowest BCUT2D eigenvalue weighted by Gasteiger charge is -2.19. The van der Waals surface area contributed by atoms with Crippen molar-refractivity contribution in [3.8, 4) is 0 Å². The van der Waals surface area contributed by atoms with Gasteiger partial charge in [0.2, 0.25) is 0 Å². The summed E-state index contributed by atoms with van der Waals surface area (Å²) >= 11 is 4.19. The molecule has 1 aromatic rings. The third-order valence-corrected chi connectivity index (χ3v) is 2.66. The van der Waals surface area contributed by atoms with Crippen LogP contribution >= 0.6 is 12.6 Å². The lowest BCUT2D eigenvalue weighted by molar-refractivity contribution is 0.141. The number of aliphatic hydroxyl groups excluding tert-OH is 1. The Kier molecular flexibility index (Phi) is 4.29. The number of aliphatic hydroxyl groups is 1. The van der Waals surface area contributed by atoms with Gasteiger partial charge in [-0.05, 0) is 30.7 Å². The van der Waals surface area contributed by atoms with Gasteiger partial charge in [-0.3, -0.25) is 0 Å². The molecule has 0 fully saturated rings. The van der Waals surface area contributed by atoms with E-state index in [4.69, 9.17) is 0 Å². The average molecular weight is 211 g/mol. The normalized spacial score (nSPS) is 14.9. The standard InChI is InChI=1S/C11H17NOS/c1-3-8(2)11(13)12-9-4-6-10(14)7-5-9/h4-8,11-14H,3H2,1-2H3. The minimum Gasteiger partial charge on any atom is -0.374 e. The molecule has 1 aromatic carbocycles. The summed E-state index contributed by atoms with van der Waals surface area (Å²) in [5.74, 6) is 0.255. The van der Waals surface area contributed by atoms with E-state index < -0.39 is 6.23 Å². The van der Waals surface area contributed by atoms with Crippen LogP contribution in [0.3, 0.4) is 0 Å². The summed E-state index contributed by atoms with van der Waals surface area (Å²) in [5.41, 5.74) is 0.926. The molecule has 0 aliphatic rings. The number of rotatable bonds is 4. The second-order valence-corrected chi connectivity index (χ2v) is 4.04. The Bertz CT molecular complexity index is 273. The van der Waals surface area contributed by atoms with Crippen molar-refractivity contribution >= 4 is 18.3 Å². The summed E-state index contributed by atoms with van der Waals surface area (Å²) in [5, 5.41) is 12.8. The Morgan fingerprint density at radius 1 is 1.36 bits per heavy atom. The monoisotopic (exact) mass is 211 g/mol. The van der Waals surface area contributed by atoms with Crippen LogP contribution in [0.1, 0.15) is 20.3 Å². The van der Waals surface area contributed by atoms with Gasteiger partial charge < -0.3 is 10.4 Å². The number of nitrogens with one attached hydrogen (secondary N) is 1. The van der Waals surface area contributed by atoms with Gasteiger partial charge in [0.1, 0.15) is 6.23 Å². The maximum atomic E-state index is 9.71. The molecule has 3 heteroatoms. The summed E-state index contributed by atoms with van der Waals surface area (Å²) in [4.78, 5) is 0.925. The zero-order valence-electron chi connectivity index (χ0n) is 8.57. The molecule has 0 aliphatic heterocycles. The summed E-state index contributed by atoms with van der Waals surface area (Å²) in [6.07, 6.45) is 0.476. The van der Waals surface area contributed by atoms with Crippen molar-refractivity contribution in [1.29, 1.82) is 0 Å². The topological polar surface area (TPSA) is 32.3 Å². The van der Waals surface area contributed by atoms with Gasteiger partial charge in [-0.2, -0.15) is 0 Å². The molecule has 78 valence electrons. The molecule has 0 radical (unpaired) electrons. The maximum absolute atomic E-state index is 9.71. The fourth-order valence-electron chi connectivity index (χ4n) is 1.09. The average Bonchev–Trinajstić information content (AvgIpc) is 2.20. The Labute approximate surface area is 90.8 Å². The van der Waals surface area contributed by atoms with Gasteiger partial charge in [0, 0.05) is 16.5 Å². The first-order chi connectivity index (χ1) is 6.63. The summed E-state index contributed by atoms with van der Waals surface area (Å²) < 4.78 is 0. The quantitative estimate of drug-likeness (QED) is 0.528. The van der Waals surface area contributed by atoms with Crippen LogP contribution < -0.4 is 5.32 Å². The number of benzene rings is 1. The maximum Gasteiger partial charge on any atom is 0.127 e. The fraction of sp³-hybridized carbons (Fsp3) is 0.455. The SMILES string of the molecule is CCC(C)C(O)Nc1ccc(S)cc1. The smallest absolute Gasteiger partial charge is 0.127 e. The summed E-state index contributed by atoms with van der Waals surface area (Å²) in [6.45, 7) is 4.08.